The average Bonchev–Trinajstić information content (AvgIpc) is 3.13. The Bertz CT molecular complexity index is 1050. The Morgan fingerprint density at radius 3 is 2.70 bits per heavy atom. The lowest BCUT2D eigenvalue weighted by Gasteiger charge is -2.34. The van der Waals surface area contributed by atoms with Crippen molar-refractivity contribution in [1.82, 2.24) is 24.6 Å². The standard InChI is InChI=1S/C22H28N6O2/c1-22(2,30)14-28-8-6-15(7-9-28)21(29)26-20-10-19-16(11-23-20)4-5-18(25-19)17-12-24-27(3)13-17/h4-5,10-13,15,30H,6-9,14H2,1-3H3,(H,23,26,29). The van der Waals surface area contributed by atoms with Crippen LogP contribution in [-0.4, -0.2) is 60.9 Å². The first-order chi connectivity index (χ1) is 14.3. The van der Waals surface area contributed by atoms with Crippen LogP contribution in [0.5, 0.6) is 0 Å². The number of likely N-dealkylation sites (tertiary alicyclic amines) is 1. The highest BCUT2D eigenvalue weighted by molar-refractivity contribution is 5.93. The lowest BCUT2D eigenvalue weighted by atomic mass is 9.95. The molecule has 1 aliphatic rings. The first kappa shape index (κ1) is 20.4. The van der Waals surface area contributed by atoms with Crippen molar-refractivity contribution in [3.63, 3.8) is 0 Å². The lowest BCUT2D eigenvalue weighted by Crippen LogP contribution is -2.44. The Labute approximate surface area is 175 Å². The highest BCUT2D eigenvalue weighted by Gasteiger charge is 2.27. The molecule has 1 aliphatic heterocycles. The Morgan fingerprint density at radius 2 is 2.03 bits per heavy atom. The third-order valence-corrected chi connectivity index (χ3v) is 5.39. The van der Waals surface area contributed by atoms with Gasteiger partial charge >= 0.3 is 0 Å². The van der Waals surface area contributed by atoms with E-state index in [9.17, 15) is 9.90 Å². The number of pyridine rings is 2. The van der Waals surface area contributed by atoms with E-state index < -0.39 is 5.60 Å². The molecule has 3 aromatic rings. The maximum Gasteiger partial charge on any atom is 0.228 e. The van der Waals surface area contributed by atoms with Gasteiger partial charge in [0.25, 0.3) is 0 Å². The molecule has 158 valence electrons. The van der Waals surface area contributed by atoms with Crippen LogP contribution in [0.2, 0.25) is 0 Å². The number of amides is 1. The normalized spacial score (nSPS) is 16.1. The zero-order valence-corrected chi connectivity index (χ0v) is 17.7. The molecule has 0 bridgehead atoms. The van der Waals surface area contributed by atoms with Gasteiger partial charge in [-0.15, -0.1) is 0 Å². The number of anilines is 1. The molecule has 0 radical (unpaired) electrons. The number of carbonyl (C=O) groups is 1. The highest BCUT2D eigenvalue weighted by Crippen LogP contribution is 2.23. The molecule has 8 nitrogen and oxygen atoms in total. The van der Waals surface area contributed by atoms with Crippen LogP contribution in [0.15, 0.2) is 36.8 Å². The first-order valence-corrected chi connectivity index (χ1v) is 10.3. The summed E-state index contributed by atoms with van der Waals surface area (Å²) < 4.78 is 1.74. The number of hydrogen-bond acceptors (Lipinski definition) is 6. The molecule has 4 rings (SSSR count). The van der Waals surface area contributed by atoms with E-state index in [0.29, 0.717) is 12.4 Å². The lowest BCUT2D eigenvalue weighted by molar-refractivity contribution is -0.121. The minimum atomic E-state index is -0.716. The third-order valence-electron chi connectivity index (χ3n) is 5.39. The van der Waals surface area contributed by atoms with Gasteiger partial charge in [0, 0.05) is 48.9 Å². The number of β-amino-alcohol motifs (C(OH)–C–C–N with tert-alkyl or cyclic N) is 1. The summed E-state index contributed by atoms with van der Waals surface area (Å²) >= 11 is 0. The zero-order valence-electron chi connectivity index (χ0n) is 17.7. The van der Waals surface area contributed by atoms with E-state index in [0.717, 1.165) is 48.1 Å². The van der Waals surface area contributed by atoms with E-state index in [2.05, 4.69) is 20.3 Å². The zero-order chi connectivity index (χ0) is 21.3. The first-order valence-electron chi connectivity index (χ1n) is 10.3. The van der Waals surface area contributed by atoms with Gasteiger partial charge in [0.05, 0.1) is 23.0 Å². The maximum atomic E-state index is 12.7. The SMILES string of the molecule is Cn1cc(-c2ccc3cnc(NC(=O)C4CCN(CC(C)(C)O)CC4)cc3n2)cn1. The predicted octanol–water partition coefficient (Wildman–Crippen LogP) is 2.45. The van der Waals surface area contributed by atoms with E-state index in [4.69, 9.17) is 4.98 Å². The van der Waals surface area contributed by atoms with Crippen molar-refractivity contribution >= 4 is 22.6 Å². The number of hydrogen-bond donors (Lipinski definition) is 2. The second-order valence-corrected chi connectivity index (χ2v) is 8.71. The summed E-state index contributed by atoms with van der Waals surface area (Å²) in [6.07, 6.45) is 6.99. The van der Waals surface area contributed by atoms with Crippen LogP contribution in [-0.2, 0) is 11.8 Å². The van der Waals surface area contributed by atoms with Crippen LogP contribution in [0, 0.1) is 5.92 Å². The monoisotopic (exact) mass is 408 g/mol. The van der Waals surface area contributed by atoms with Gasteiger partial charge in [-0.3, -0.25) is 9.48 Å². The number of nitrogens with one attached hydrogen (secondary N) is 1. The number of aliphatic hydroxyl groups is 1. The minimum Gasteiger partial charge on any atom is -0.389 e. The van der Waals surface area contributed by atoms with Crippen molar-refractivity contribution < 1.29 is 9.90 Å². The highest BCUT2D eigenvalue weighted by atomic mass is 16.3. The topological polar surface area (TPSA) is 96.2 Å². The molecule has 0 spiro atoms. The van der Waals surface area contributed by atoms with Gasteiger partial charge in [0.2, 0.25) is 5.91 Å². The number of aromatic nitrogens is 4. The molecule has 0 unspecified atom stereocenters. The maximum absolute atomic E-state index is 12.7. The van der Waals surface area contributed by atoms with Crippen molar-refractivity contribution in [2.75, 3.05) is 25.0 Å². The molecule has 4 heterocycles. The van der Waals surface area contributed by atoms with Crippen LogP contribution in [0.4, 0.5) is 5.82 Å². The average molecular weight is 409 g/mol. The fourth-order valence-electron chi connectivity index (χ4n) is 3.93. The van der Waals surface area contributed by atoms with Crippen molar-refractivity contribution in [1.29, 1.82) is 0 Å². The van der Waals surface area contributed by atoms with E-state index in [1.807, 2.05) is 45.3 Å². The largest absolute Gasteiger partial charge is 0.389 e. The summed E-state index contributed by atoms with van der Waals surface area (Å²) in [7, 11) is 1.87. The summed E-state index contributed by atoms with van der Waals surface area (Å²) in [5.74, 6) is 0.464. The molecule has 0 saturated carbocycles. The number of aryl methyl sites for hydroxylation is 1. The molecule has 30 heavy (non-hydrogen) atoms. The van der Waals surface area contributed by atoms with Gasteiger partial charge in [0.15, 0.2) is 0 Å². The van der Waals surface area contributed by atoms with Crippen molar-refractivity contribution in [2.24, 2.45) is 13.0 Å². The molecular formula is C22H28N6O2. The quantitative estimate of drug-likeness (QED) is 0.673. The van der Waals surface area contributed by atoms with Gasteiger partial charge < -0.3 is 15.3 Å². The van der Waals surface area contributed by atoms with Crippen LogP contribution in [0.1, 0.15) is 26.7 Å². The molecule has 3 aromatic heterocycles. The molecule has 0 atom stereocenters. The van der Waals surface area contributed by atoms with Gasteiger partial charge in [-0.1, -0.05) is 0 Å². The Balaban J connectivity index is 1.43. The second-order valence-electron chi connectivity index (χ2n) is 8.71. The van der Waals surface area contributed by atoms with Crippen LogP contribution in [0.3, 0.4) is 0 Å². The number of carbonyl (C=O) groups excluding carboxylic acids is 1. The number of piperidine rings is 1. The van der Waals surface area contributed by atoms with Crippen molar-refractivity contribution in [3.8, 4) is 11.3 Å². The van der Waals surface area contributed by atoms with E-state index in [-0.39, 0.29) is 11.8 Å². The summed E-state index contributed by atoms with van der Waals surface area (Å²) in [4.78, 5) is 24.0. The molecule has 1 fully saturated rings. The van der Waals surface area contributed by atoms with E-state index in [1.165, 1.54) is 0 Å². The third kappa shape index (κ3) is 4.83. The summed E-state index contributed by atoms with van der Waals surface area (Å²) in [5.41, 5.74) is 1.84. The summed E-state index contributed by atoms with van der Waals surface area (Å²) in [6, 6.07) is 5.74. The Kier molecular flexibility index (Phi) is 5.53. The smallest absolute Gasteiger partial charge is 0.228 e. The molecule has 0 aromatic carbocycles. The number of nitrogens with zero attached hydrogens (tertiary/aromatic N) is 5. The predicted molar refractivity (Wildman–Crippen MR) is 116 cm³/mol. The van der Waals surface area contributed by atoms with Gasteiger partial charge in [0.1, 0.15) is 5.82 Å². The van der Waals surface area contributed by atoms with Crippen LogP contribution < -0.4 is 5.32 Å². The molecule has 0 aliphatic carbocycles. The molecule has 2 N–H and O–H groups in total. The number of rotatable bonds is 5. The van der Waals surface area contributed by atoms with Crippen molar-refractivity contribution in [3.05, 3.63) is 36.8 Å². The fourth-order valence-corrected chi connectivity index (χ4v) is 3.93. The molecule has 1 saturated heterocycles. The molecular weight excluding hydrogens is 380 g/mol. The van der Waals surface area contributed by atoms with Gasteiger partial charge in [-0.05, 0) is 51.9 Å². The number of fused-ring (bicyclic) bond motifs is 1. The second kappa shape index (κ2) is 8.12. The van der Waals surface area contributed by atoms with Crippen LogP contribution >= 0.6 is 0 Å². The van der Waals surface area contributed by atoms with E-state index >= 15 is 0 Å². The summed E-state index contributed by atoms with van der Waals surface area (Å²) in [5, 5.41) is 18.0. The molecule has 1 amide bonds. The fraction of sp³-hybridized carbons (Fsp3) is 0.455. The van der Waals surface area contributed by atoms with Crippen LogP contribution in [0.25, 0.3) is 22.2 Å². The Hall–Kier alpha value is -2.84. The summed E-state index contributed by atoms with van der Waals surface area (Å²) in [6.45, 7) is 5.86. The molecule has 8 heteroatoms. The van der Waals surface area contributed by atoms with Crippen molar-refractivity contribution in [2.45, 2.75) is 32.3 Å². The van der Waals surface area contributed by atoms with Gasteiger partial charge in [-0.25, -0.2) is 9.97 Å². The minimum absolute atomic E-state index is 0.00632. The van der Waals surface area contributed by atoms with E-state index in [1.54, 1.807) is 17.1 Å². The van der Waals surface area contributed by atoms with Gasteiger partial charge in [-0.2, -0.15) is 5.10 Å². The Morgan fingerprint density at radius 1 is 1.27 bits per heavy atom.